The minimum Gasteiger partial charge on any atom is -0.493 e. The standard InChI is InChI=1S/C30H33N3O5.ClH/c1-36-26-20-23(21-27(37-2)30(26)38-3)14-15-28(34)32-18-16-31(17-19-32)22-29(35)33(24-10-6-4-7-11-24)25-12-8-5-9-13-25;/h4-15,20-21H,16-19,22H2,1-3H3;1H/b15-14+;. The van der Waals surface area contributed by atoms with Gasteiger partial charge >= 0.3 is 0 Å². The Hall–Kier alpha value is -4.01. The normalized spacial score (nSPS) is 13.5. The van der Waals surface area contributed by atoms with Crippen LogP contribution in [0.1, 0.15) is 5.56 Å². The molecule has 1 heterocycles. The third kappa shape index (κ3) is 7.31. The van der Waals surface area contributed by atoms with Gasteiger partial charge in [0, 0.05) is 43.6 Å². The van der Waals surface area contributed by atoms with E-state index in [0.717, 1.165) is 16.9 Å². The molecule has 1 saturated heterocycles. The maximum Gasteiger partial charge on any atom is 0.246 e. The van der Waals surface area contributed by atoms with Crippen molar-refractivity contribution in [2.75, 3.05) is 59.0 Å². The van der Waals surface area contributed by atoms with Crippen molar-refractivity contribution in [3.63, 3.8) is 0 Å². The number of hydrogen-bond acceptors (Lipinski definition) is 6. The molecule has 0 spiro atoms. The fourth-order valence-electron chi connectivity index (χ4n) is 4.45. The van der Waals surface area contributed by atoms with Crippen LogP contribution in [0.4, 0.5) is 11.4 Å². The lowest BCUT2D eigenvalue weighted by atomic mass is 10.1. The third-order valence-corrected chi connectivity index (χ3v) is 6.43. The number of rotatable bonds is 9. The molecule has 8 nitrogen and oxygen atoms in total. The summed E-state index contributed by atoms with van der Waals surface area (Å²) in [4.78, 5) is 31.9. The van der Waals surface area contributed by atoms with Gasteiger partial charge in [-0.3, -0.25) is 19.4 Å². The number of anilines is 2. The monoisotopic (exact) mass is 551 g/mol. The highest BCUT2D eigenvalue weighted by Crippen LogP contribution is 2.38. The number of nitrogens with zero attached hydrogens (tertiary/aromatic N) is 3. The Morgan fingerprint density at radius 3 is 1.77 bits per heavy atom. The van der Waals surface area contributed by atoms with Crippen LogP contribution in [0, 0.1) is 0 Å². The molecule has 0 unspecified atom stereocenters. The zero-order chi connectivity index (χ0) is 26.9. The van der Waals surface area contributed by atoms with E-state index in [2.05, 4.69) is 4.90 Å². The van der Waals surface area contributed by atoms with E-state index in [1.54, 1.807) is 55.4 Å². The first-order chi connectivity index (χ1) is 18.5. The molecule has 39 heavy (non-hydrogen) atoms. The largest absolute Gasteiger partial charge is 0.493 e. The van der Waals surface area contributed by atoms with Crippen molar-refractivity contribution in [2.45, 2.75) is 0 Å². The average Bonchev–Trinajstić information content (AvgIpc) is 2.96. The van der Waals surface area contributed by atoms with Crippen molar-refractivity contribution < 1.29 is 23.8 Å². The Morgan fingerprint density at radius 1 is 0.795 bits per heavy atom. The molecule has 0 aliphatic carbocycles. The zero-order valence-electron chi connectivity index (χ0n) is 22.4. The molecule has 206 valence electrons. The van der Waals surface area contributed by atoms with Gasteiger partial charge in [-0.2, -0.15) is 0 Å². The number of halogens is 1. The average molecular weight is 552 g/mol. The van der Waals surface area contributed by atoms with Crippen LogP contribution in [0.25, 0.3) is 6.08 Å². The maximum absolute atomic E-state index is 13.4. The van der Waals surface area contributed by atoms with Gasteiger partial charge in [0.1, 0.15) is 0 Å². The Labute approximate surface area is 235 Å². The molecule has 9 heteroatoms. The van der Waals surface area contributed by atoms with Crippen LogP contribution >= 0.6 is 12.4 Å². The van der Waals surface area contributed by atoms with Crippen molar-refractivity contribution in [3.8, 4) is 17.2 Å². The van der Waals surface area contributed by atoms with Gasteiger partial charge in [-0.15, -0.1) is 12.4 Å². The number of benzene rings is 3. The summed E-state index contributed by atoms with van der Waals surface area (Å²) in [5.74, 6) is 1.46. The summed E-state index contributed by atoms with van der Waals surface area (Å²) < 4.78 is 16.1. The highest BCUT2D eigenvalue weighted by Gasteiger charge is 2.25. The van der Waals surface area contributed by atoms with E-state index in [1.807, 2.05) is 60.7 Å². The highest BCUT2D eigenvalue weighted by atomic mass is 35.5. The van der Waals surface area contributed by atoms with Crippen LogP contribution in [-0.2, 0) is 9.59 Å². The number of ether oxygens (including phenoxy) is 3. The highest BCUT2D eigenvalue weighted by molar-refractivity contribution is 6.01. The van der Waals surface area contributed by atoms with E-state index in [9.17, 15) is 9.59 Å². The minimum atomic E-state index is -0.0834. The van der Waals surface area contributed by atoms with Crippen molar-refractivity contribution in [1.82, 2.24) is 9.80 Å². The van der Waals surface area contributed by atoms with Crippen molar-refractivity contribution >= 4 is 41.7 Å². The zero-order valence-corrected chi connectivity index (χ0v) is 23.2. The summed E-state index contributed by atoms with van der Waals surface area (Å²) >= 11 is 0. The Bertz CT molecular complexity index is 1200. The number of para-hydroxylation sites is 2. The molecule has 2 amide bonds. The van der Waals surface area contributed by atoms with E-state index in [-0.39, 0.29) is 30.8 Å². The van der Waals surface area contributed by atoms with Gasteiger partial charge < -0.3 is 19.1 Å². The summed E-state index contributed by atoms with van der Waals surface area (Å²) in [7, 11) is 4.66. The van der Waals surface area contributed by atoms with Gasteiger partial charge in [-0.05, 0) is 48.0 Å². The van der Waals surface area contributed by atoms with Gasteiger partial charge in [-0.1, -0.05) is 36.4 Å². The second kappa shape index (κ2) is 14.2. The summed E-state index contributed by atoms with van der Waals surface area (Å²) in [5, 5.41) is 0. The van der Waals surface area contributed by atoms with Gasteiger partial charge in [0.15, 0.2) is 11.5 Å². The summed E-state index contributed by atoms with van der Waals surface area (Å²) in [6.45, 7) is 2.59. The fraction of sp³-hybridized carbons (Fsp3) is 0.267. The van der Waals surface area contributed by atoms with Crippen LogP contribution in [0.5, 0.6) is 17.2 Å². The molecule has 0 radical (unpaired) electrons. The molecule has 3 aromatic carbocycles. The second-order valence-electron chi connectivity index (χ2n) is 8.79. The lowest BCUT2D eigenvalue weighted by molar-refractivity contribution is -0.128. The third-order valence-electron chi connectivity index (χ3n) is 6.43. The maximum atomic E-state index is 13.4. The van der Waals surface area contributed by atoms with Gasteiger partial charge in [-0.25, -0.2) is 0 Å². The quantitative estimate of drug-likeness (QED) is 0.360. The van der Waals surface area contributed by atoms with Crippen LogP contribution in [-0.4, -0.2) is 75.7 Å². The Kier molecular flexibility index (Phi) is 10.8. The first-order valence-electron chi connectivity index (χ1n) is 12.5. The van der Waals surface area contributed by atoms with E-state index in [0.29, 0.717) is 43.4 Å². The SMILES string of the molecule is COc1cc(/C=C/C(=O)N2CCN(CC(=O)N(c3ccccc3)c3ccccc3)CC2)cc(OC)c1OC.Cl. The van der Waals surface area contributed by atoms with Crippen molar-refractivity contribution in [2.24, 2.45) is 0 Å². The Morgan fingerprint density at radius 2 is 1.31 bits per heavy atom. The van der Waals surface area contributed by atoms with Gasteiger partial charge in [0.05, 0.1) is 27.9 Å². The first-order valence-corrected chi connectivity index (χ1v) is 12.5. The summed E-state index contributed by atoms with van der Waals surface area (Å²) in [6, 6.07) is 22.9. The number of hydrogen-bond donors (Lipinski definition) is 0. The molecule has 0 aromatic heterocycles. The number of methoxy groups -OCH3 is 3. The van der Waals surface area contributed by atoms with Crippen LogP contribution in [0.15, 0.2) is 78.9 Å². The summed E-state index contributed by atoms with van der Waals surface area (Å²) in [5.41, 5.74) is 2.42. The lowest BCUT2D eigenvalue weighted by Crippen LogP contribution is -2.50. The minimum absolute atomic E-state index is 0. The molecule has 3 aromatic rings. The first kappa shape index (κ1) is 29.5. The fourth-order valence-corrected chi connectivity index (χ4v) is 4.45. The predicted octanol–water partition coefficient (Wildman–Crippen LogP) is 4.66. The van der Waals surface area contributed by atoms with E-state index >= 15 is 0 Å². The predicted molar refractivity (Wildman–Crippen MR) is 155 cm³/mol. The van der Waals surface area contributed by atoms with Gasteiger partial charge in [0.25, 0.3) is 0 Å². The van der Waals surface area contributed by atoms with E-state index in [1.165, 1.54) is 0 Å². The molecule has 1 aliphatic rings. The topological polar surface area (TPSA) is 71.6 Å². The number of amides is 2. The molecular weight excluding hydrogens is 518 g/mol. The molecule has 0 N–H and O–H groups in total. The van der Waals surface area contributed by atoms with Crippen LogP contribution in [0.2, 0.25) is 0 Å². The molecular formula is C30H34ClN3O5. The van der Waals surface area contributed by atoms with Crippen molar-refractivity contribution in [1.29, 1.82) is 0 Å². The van der Waals surface area contributed by atoms with E-state index < -0.39 is 0 Å². The van der Waals surface area contributed by atoms with Crippen molar-refractivity contribution in [3.05, 3.63) is 84.4 Å². The lowest BCUT2D eigenvalue weighted by Gasteiger charge is -2.35. The number of carbonyl (C=O) groups excluding carboxylic acids is 2. The molecule has 0 atom stereocenters. The number of carbonyl (C=O) groups is 2. The molecule has 1 fully saturated rings. The van der Waals surface area contributed by atoms with E-state index in [4.69, 9.17) is 14.2 Å². The molecule has 0 saturated carbocycles. The molecule has 4 rings (SSSR count). The molecule has 1 aliphatic heterocycles. The summed E-state index contributed by atoms with van der Waals surface area (Å²) in [6.07, 6.45) is 3.29. The molecule has 0 bridgehead atoms. The smallest absolute Gasteiger partial charge is 0.246 e. The number of piperazine rings is 1. The second-order valence-corrected chi connectivity index (χ2v) is 8.79. The Balaban J connectivity index is 0.00000420. The van der Waals surface area contributed by atoms with Gasteiger partial charge in [0.2, 0.25) is 17.6 Å². The van der Waals surface area contributed by atoms with Crippen LogP contribution in [0.3, 0.4) is 0 Å². The van der Waals surface area contributed by atoms with Crippen LogP contribution < -0.4 is 19.1 Å².